The van der Waals surface area contributed by atoms with Crippen LogP contribution < -0.4 is 26.0 Å². The van der Waals surface area contributed by atoms with Gasteiger partial charge < -0.3 is 14.8 Å². The average Bonchev–Trinajstić information content (AvgIpc) is 2.72. The molecule has 0 aliphatic carbocycles. The molecule has 0 saturated carbocycles. The molecule has 0 radical (unpaired) electrons. The average molecular weight is 424 g/mol. The van der Waals surface area contributed by atoms with Gasteiger partial charge in [0.05, 0.1) is 25.4 Å². The van der Waals surface area contributed by atoms with E-state index >= 15 is 0 Å². The van der Waals surface area contributed by atoms with Crippen molar-refractivity contribution in [1.29, 1.82) is 0 Å². The van der Waals surface area contributed by atoms with Crippen LogP contribution in [0.2, 0.25) is 0 Å². The van der Waals surface area contributed by atoms with Crippen LogP contribution in [-0.2, 0) is 11.3 Å². The molecular formula is C22H24N4O5. The Morgan fingerprint density at radius 1 is 1.13 bits per heavy atom. The lowest BCUT2D eigenvalue weighted by Gasteiger charge is -2.13. The Morgan fingerprint density at radius 2 is 1.84 bits per heavy atom. The lowest BCUT2D eigenvalue weighted by molar-refractivity contribution is -0.114. The first kappa shape index (κ1) is 21.8. The van der Waals surface area contributed by atoms with Gasteiger partial charge >= 0.3 is 11.2 Å². The van der Waals surface area contributed by atoms with E-state index in [1.54, 1.807) is 48.5 Å². The summed E-state index contributed by atoms with van der Waals surface area (Å²) in [5, 5.41) is 6.70. The van der Waals surface area contributed by atoms with E-state index in [-0.39, 0.29) is 24.4 Å². The van der Waals surface area contributed by atoms with Gasteiger partial charge in [0.15, 0.2) is 0 Å². The fourth-order valence-electron chi connectivity index (χ4n) is 2.98. The van der Waals surface area contributed by atoms with Gasteiger partial charge in [-0.2, -0.15) is 4.68 Å². The third-order valence-corrected chi connectivity index (χ3v) is 4.27. The number of aromatic nitrogens is 3. The zero-order chi connectivity index (χ0) is 22.5. The number of methoxy groups -OCH3 is 1. The second-order valence-electron chi connectivity index (χ2n) is 7.14. The minimum absolute atomic E-state index is 0.0316. The van der Waals surface area contributed by atoms with E-state index in [9.17, 15) is 14.4 Å². The first-order valence-corrected chi connectivity index (χ1v) is 9.70. The van der Waals surface area contributed by atoms with Gasteiger partial charge in [-0.3, -0.25) is 9.59 Å². The van der Waals surface area contributed by atoms with Gasteiger partial charge in [-0.05, 0) is 49.7 Å². The molecule has 3 aromatic rings. The first-order valence-electron chi connectivity index (χ1n) is 9.70. The third kappa shape index (κ3) is 5.19. The summed E-state index contributed by atoms with van der Waals surface area (Å²) in [5.41, 5.74) is 0.347. The van der Waals surface area contributed by atoms with Crippen LogP contribution in [0, 0.1) is 0 Å². The quantitative estimate of drug-likeness (QED) is 0.624. The van der Waals surface area contributed by atoms with Crippen molar-refractivity contribution in [3.05, 3.63) is 74.9 Å². The van der Waals surface area contributed by atoms with Gasteiger partial charge in [0, 0.05) is 12.6 Å². The second-order valence-corrected chi connectivity index (χ2v) is 7.14. The lowest BCUT2D eigenvalue weighted by atomic mass is 10.2. The zero-order valence-corrected chi connectivity index (χ0v) is 17.8. The van der Waals surface area contributed by atoms with Crippen LogP contribution in [-0.4, -0.2) is 33.5 Å². The fourth-order valence-corrected chi connectivity index (χ4v) is 2.98. The maximum Gasteiger partial charge on any atom is 0.352 e. The molecule has 162 valence electrons. The third-order valence-electron chi connectivity index (χ3n) is 4.27. The van der Waals surface area contributed by atoms with Gasteiger partial charge in [-0.25, -0.2) is 9.36 Å². The summed E-state index contributed by atoms with van der Waals surface area (Å²) in [5.74, 6) is 0.236. The number of carbonyl (C=O) groups excluding carboxylic acids is 1. The molecule has 31 heavy (non-hydrogen) atoms. The summed E-state index contributed by atoms with van der Waals surface area (Å²) >= 11 is 0. The number of benzene rings is 2. The van der Waals surface area contributed by atoms with Crippen LogP contribution in [0.25, 0.3) is 5.69 Å². The predicted octanol–water partition coefficient (Wildman–Crippen LogP) is 2.20. The van der Waals surface area contributed by atoms with E-state index in [4.69, 9.17) is 9.47 Å². The Kier molecular flexibility index (Phi) is 6.54. The monoisotopic (exact) mass is 424 g/mol. The molecule has 3 rings (SSSR count). The number of ether oxygens (including phenoxy) is 2. The van der Waals surface area contributed by atoms with Crippen molar-refractivity contribution < 1.29 is 14.3 Å². The number of rotatable bonds is 7. The molecule has 1 heterocycles. The molecule has 1 amide bonds. The standard InChI is InChI=1S/C22H24N4O5/c1-14(2)31-19-10-8-16(9-11-19)13-25-21(28)20(30-4)24-26(22(25)29)18-7-5-6-17(12-18)23-15(3)27/h5-12,14H,13H2,1-4H3,(H,23,27). The van der Waals surface area contributed by atoms with Gasteiger partial charge in [0.1, 0.15) is 5.75 Å². The Morgan fingerprint density at radius 3 is 2.45 bits per heavy atom. The van der Waals surface area contributed by atoms with E-state index in [0.29, 0.717) is 17.1 Å². The highest BCUT2D eigenvalue weighted by molar-refractivity contribution is 5.88. The van der Waals surface area contributed by atoms with Crippen molar-refractivity contribution in [1.82, 2.24) is 14.3 Å². The first-order chi connectivity index (χ1) is 14.8. The highest BCUT2D eigenvalue weighted by Gasteiger charge is 2.16. The van der Waals surface area contributed by atoms with Gasteiger partial charge in [-0.1, -0.05) is 18.2 Å². The van der Waals surface area contributed by atoms with Gasteiger partial charge in [-0.15, -0.1) is 5.10 Å². The van der Waals surface area contributed by atoms with Gasteiger partial charge in [0.2, 0.25) is 5.91 Å². The number of nitrogens with zero attached hydrogens (tertiary/aromatic N) is 3. The van der Waals surface area contributed by atoms with Gasteiger partial charge in [0.25, 0.3) is 5.88 Å². The molecule has 0 spiro atoms. The van der Waals surface area contributed by atoms with E-state index < -0.39 is 11.2 Å². The molecule has 0 aliphatic rings. The maximum atomic E-state index is 13.1. The summed E-state index contributed by atoms with van der Waals surface area (Å²) in [6.45, 7) is 5.28. The van der Waals surface area contributed by atoms with Crippen molar-refractivity contribution >= 4 is 11.6 Å². The number of hydrogen-bond donors (Lipinski definition) is 1. The number of nitrogens with one attached hydrogen (secondary N) is 1. The molecule has 0 aliphatic heterocycles. The molecule has 2 aromatic carbocycles. The smallest absolute Gasteiger partial charge is 0.352 e. The molecule has 0 saturated heterocycles. The summed E-state index contributed by atoms with van der Waals surface area (Å²) in [7, 11) is 1.31. The lowest BCUT2D eigenvalue weighted by Crippen LogP contribution is -2.41. The molecule has 0 fully saturated rings. The van der Waals surface area contributed by atoms with E-state index in [0.717, 1.165) is 14.8 Å². The van der Waals surface area contributed by atoms with Crippen LogP contribution in [0.15, 0.2) is 58.1 Å². The molecule has 0 atom stereocenters. The molecule has 9 nitrogen and oxygen atoms in total. The second kappa shape index (κ2) is 9.29. The summed E-state index contributed by atoms with van der Waals surface area (Å²) < 4.78 is 12.9. The SMILES string of the molecule is COc1nn(-c2cccc(NC(C)=O)c2)c(=O)n(Cc2ccc(OC(C)C)cc2)c1=O. The Balaban J connectivity index is 2.03. The highest BCUT2D eigenvalue weighted by atomic mass is 16.5. The highest BCUT2D eigenvalue weighted by Crippen LogP contribution is 2.15. The van der Waals surface area contributed by atoms with Crippen LogP contribution in [0.3, 0.4) is 0 Å². The number of hydrogen-bond acceptors (Lipinski definition) is 6. The van der Waals surface area contributed by atoms with Crippen LogP contribution >= 0.6 is 0 Å². The minimum atomic E-state index is -0.635. The number of carbonyl (C=O) groups is 1. The van der Waals surface area contributed by atoms with E-state index in [1.165, 1.54) is 14.0 Å². The molecule has 0 unspecified atom stereocenters. The molecular weight excluding hydrogens is 400 g/mol. The largest absolute Gasteiger partial charge is 0.491 e. The van der Waals surface area contributed by atoms with Crippen LogP contribution in [0.1, 0.15) is 26.3 Å². The van der Waals surface area contributed by atoms with Crippen molar-refractivity contribution in [2.45, 2.75) is 33.4 Å². The Labute approximate surface area is 178 Å². The summed E-state index contributed by atoms with van der Waals surface area (Å²) in [6, 6.07) is 13.7. The zero-order valence-electron chi connectivity index (χ0n) is 17.8. The molecule has 1 aromatic heterocycles. The molecule has 0 bridgehead atoms. The van der Waals surface area contributed by atoms with Crippen LogP contribution in [0.4, 0.5) is 5.69 Å². The number of amides is 1. The number of anilines is 1. The van der Waals surface area contributed by atoms with Crippen LogP contribution in [0.5, 0.6) is 11.6 Å². The molecule has 9 heteroatoms. The predicted molar refractivity (Wildman–Crippen MR) is 116 cm³/mol. The van der Waals surface area contributed by atoms with E-state index in [2.05, 4.69) is 10.4 Å². The topological polar surface area (TPSA) is 104 Å². The normalized spacial score (nSPS) is 10.7. The van der Waals surface area contributed by atoms with Crippen molar-refractivity contribution in [3.63, 3.8) is 0 Å². The van der Waals surface area contributed by atoms with Crippen molar-refractivity contribution in [2.24, 2.45) is 0 Å². The fraction of sp³-hybridized carbons (Fsp3) is 0.273. The Hall–Kier alpha value is -3.88. The van der Waals surface area contributed by atoms with E-state index in [1.807, 2.05) is 13.8 Å². The summed E-state index contributed by atoms with van der Waals surface area (Å²) in [4.78, 5) is 37.2. The molecule has 1 N–H and O–H groups in total. The summed E-state index contributed by atoms with van der Waals surface area (Å²) in [6.07, 6.45) is 0.0402. The Bertz CT molecular complexity index is 1200. The van der Waals surface area contributed by atoms with Crippen molar-refractivity contribution in [3.8, 4) is 17.3 Å². The van der Waals surface area contributed by atoms with Crippen molar-refractivity contribution in [2.75, 3.05) is 12.4 Å². The minimum Gasteiger partial charge on any atom is -0.491 e. The maximum absolute atomic E-state index is 13.1.